The quantitative estimate of drug-likeness (QED) is 0.613. The van der Waals surface area contributed by atoms with E-state index < -0.39 is 0 Å². The first-order valence-electron chi connectivity index (χ1n) is 6.74. The van der Waals surface area contributed by atoms with Crippen molar-refractivity contribution >= 4 is 34.2 Å². The first-order chi connectivity index (χ1) is 10.6. The summed E-state index contributed by atoms with van der Waals surface area (Å²) in [6.07, 6.45) is 1.83. The summed E-state index contributed by atoms with van der Waals surface area (Å²) in [5.74, 6) is 1.55. The van der Waals surface area contributed by atoms with Crippen LogP contribution in [0.15, 0.2) is 49.1 Å². The van der Waals surface area contributed by atoms with E-state index in [1.807, 2.05) is 30.3 Å². The molecule has 3 nitrogen and oxygen atoms in total. The Morgan fingerprint density at radius 1 is 1.23 bits per heavy atom. The lowest BCUT2D eigenvalue weighted by Crippen LogP contribution is -1.98. The lowest BCUT2D eigenvalue weighted by Gasteiger charge is -2.08. The molecule has 0 spiro atoms. The summed E-state index contributed by atoms with van der Waals surface area (Å²) in [7, 11) is 1.64. The number of halogens is 2. The summed E-state index contributed by atoms with van der Waals surface area (Å²) < 4.78 is 7.33. The van der Waals surface area contributed by atoms with Gasteiger partial charge >= 0.3 is 0 Å². The first-order valence-corrected chi connectivity index (χ1v) is 7.50. The smallest absolute Gasteiger partial charge is 0.142 e. The van der Waals surface area contributed by atoms with Gasteiger partial charge in [-0.25, -0.2) is 4.98 Å². The second-order valence-corrected chi connectivity index (χ2v) is 5.66. The van der Waals surface area contributed by atoms with Gasteiger partial charge in [0.25, 0.3) is 0 Å². The standard InChI is InChI=1S/C17H14Cl2N2O/c1-3-8-21-16-7-5-12(22-2)10-15(16)20-17(21)13-6-4-11(18)9-14(13)19/h3-7,9-10H,1,8H2,2H3. The molecule has 0 unspecified atom stereocenters. The Labute approximate surface area is 138 Å². The van der Waals surface area contributed by atoms with Crippen LogP contribution in [0.4, 0.5) is 0 Å². The van der Waals surface area contributed by atoms with Gasteiger partial charge in [-0.3, -0.25) is 0 Å². The van der Waals surface area contributed by atoms with E-state index in [1.165, 1.54) is 0 Å². The van der Waals surface area contributed by atoms with Crippen molar-refractivity contribution in [3.05, 3.63) is 59.1 Å². The van der Waals surface area contributed by atoms with Crippen molar-refractivity contribution in [2.24, 2.45) is 0 Å². The van der Waals surface area contributed by atoms with Crippen LogP contribution in [0.3, 0.4) is 0 Å². The van der Waals surface area contributed by atoms with Crippen molar-refractivity contribution in [3.8, 4) is 17.1 Å². The molecule has 0 saturated carbocycles. The number of methoxy groups -OCH3 is 1. The molecule has 3 rings (SSSR count). The zero-order chi connectivity index (χ0) is 15.7. The van der Waals surface area contributed by atoms with Gasteiger partial charge in [-0.05, 0) is 30.3 Å². The van der Waals surface area contributed by atoms with E-state index in [1.54, 1.807) is 19.2 Å². The predicted molar refractivity (Wildman–Crippen MR) is 91.9 cm³/mol. The van der Waals surface area contributed by atoms with Crippen molar-refractivity contribution in [2.75, 3.05) is 7.11 Å². The maximum absolute atomic E-state index is 6.33. The van der Waals surface area contributed by atoms with Gasteiger partial charge in [-0.15, -0.1) is 6.58 Å². The molecule has 0 aliphatic rings. The Hall–Kier alpha value is -1.97. The molecule has 0 radical (unpaired) electrons. The lowest BCUT2D eigenvalue weighted by molar-refractivity contribution is 0.415. The minimum atomic E-state index is 0.570. The molecule has 112 valence electrons. The van der Waals surface area contributed by atoms with E-state index >= 15 is 0 Å². The van der Waals surface area contributed by atoms with Crippen LogP contribution in [0.5, 0.6) is 5.75 Å². The van der Waals surface area contributed by atoms with Crippen LogP contribution in [0.1, 0.15) is 0 Å². The maximum atomic E-state index is 6.33. The van der Waals surface area contributed by atoms with Crippen LogP contribution >= 0.6 is 23.2 Å². The van der Waals surface area contributed by atoms with E-state index in [9.17, 15) is 0 Å². The summed E-state index contributed by atoms with van der Waals surface area (Å²) in [5.41, 5.74) is 2.69. The molecule has 0 aliphatic heterocycles. The topological polar surface area (TPSA) is 27.1 Å². The van der Waals surface area contributed by atoms with Crippen LogP contribution < -0.4 is 4.74 Å². The van der Waals surface area contributed by atoms with Gasteiger partial charge in [-0.2, -0.15) is 0 Å². The van der Waals surface area contributed by atoms with Crippen LogP contribution in [0.2, 0.25) is 10.0 Å². The molecule has 3 aromatic rings. The Bertz CT molecular complexity index is 855. The molecule has 5 heteroatoms. The number of allylic oxidation sites excluding steroid dienone is 1. The third kappa shape index (κ3) is 2.58. The Morgan fingerprint density at radius 3 is 2.73 bits per heavy atom. The van der Waals surface area contributed by atoms with Crippen molar-refractivity contribution in [3.63, 3.8) is 0 Å². The van der Waals surface area contributed by atoms with Crippen molar-refractivity contribution in [1.29, 1.82) is 0 Å². The largest absolute Gasteiger partial charge is 0.497 e. The van der Waals surface area contributed by atoms with E-state index in [-0.39, 0.29) is 0 Å². The number of imidazole rings is 1. The monoisotopic (exact) mass is 332 g/mol. The van der Waals surface area contributed by atoms with Gasteiger partial charge in [-0.1, -0.05) is 29.3 Å². The molecule has 0 atom stereocenters. The second-order valence-electron chi connectivity index (χ2n) is 4.81. The predicted octanol–water partition coefficient (Wildman–Crippen LogP) is 5.20. The van der Waals surface area contributed by atoms with Gasteiger partial charge in [0.15, 0.2) is 0 Å². The van der Waals surface area contributed by atoms with Gasteiger partial charge in [0.1, 0.15) is 11.6 Å². The number of nitrogens with zero attached hydrogens (tertiary/aromatic N) is 2. The molecule has 0 bridgehead atoms. The van der Waals surface area contributed by atoms with Gasteiger partial charge < -0.3 is 9.30 Å². The van der Waals surface area contributed by atoms with Gasteiger partial charge in [0.2, 0.25) is 0 Å². The van der Waals surface area contributed by atoms with Crippen LogP contribution in [0, 0.1) is 0 Å². The summed E-state index contributed by atoms with van der Waals surface area (Å²) in [6.45, 7) is 4.46. The second kappa shape index (κ2) is 6.03. The highest BCUT2D eigenvalue weighted by molar-refractivity contribution is 6.36. The Balaban J connectivity index is 2.27. The van der Waals surface area contributed by atoms with E-state index in [4.69, 9.17) is 32.9 Å². The Morgan fingerprint density at radius 2 is 2.05 bits per heavy atom. The molecular weight excluding hydrogens is 319 g/mol. The molecule has 0 amide bonds. The highest BCUT2D eigenvalue weighted by Crippen LogP contribution is 2.33. The number of hydrogen-bond acceptors (Lipinski definition) is 2. The fraction of sp³-hybridized carbons (Fsp3) is 0.118. The normalized spacial score (nSPS) is 10.9. The number of fused-ring (bicyclic) bond motifs is 1. The van der Waals surface area contributed by atoms with Gasteiger partial charge in [0.05, 0.1) is 23.2 Å². The highest BCUT2D eigenvalue weighted by atomic mass is 35.5. The van der Waals surface area contributed by atoms with Gasteiger partial charge in [0, 0.05) is 23.2 Å². The molecule has 0 saturated heterocycles. The molecule has 0 fully saturated rings. The van der Waals surface area contributed by atoms with Crippen molar-refractivity contribution in [1.82, 2.24) is 9.55 Å². The third-order valence-corrected chi connectivity index (χ3v) is 3.99. The fourth-order valence-electron chi connectivity index (χ4n) is 2.43. The number of ether oxygens (including phenoxy) is 1. The van der Waals surface area contributed by atoms with Crippen LogP contribution in [0.25, 0.3) is 22.4 Å². The zero-order valence-electron chi connectivity index (χ0n) is 12.0. The first kappa shape index (κ1) is 14.9. The van der Waals surface area contributed by atoms with Crippen LogP contribution in [-0.2, 0) is 6.54 Å². The average Bonchev–Trinajstić information content (AvgIpc) is 2.85. The summed E-state index contributed by atoms with van der Waals surface area (Å²) in [4.78, 5) is 4.71. The number of aromatic nitrogens is 2. The summed E-state index contributed by atoms with van der Waals surface area (Å²) in [5, 5.41) is 1.17. The number of rotatable bonds is 4. The lowest BCUT2D eigenvalue weighted by atomic mass is 10.2. The molecular formula is C17H14Cl2N2O. The van der Waals surface area contributed by atoms with E-state index in [0.29, 0.717) is 16.6 Å². The minimum absolute atomic E-state index is 0.570. The summed E-state index contributed by atoms with van der Waals surface area (Å²) >= 11 is 12.3. The van der Waals surface area contributed by atoms with E-state index in [0.717, 1.165) is 28.2 Å². The highest BCUT2D eigenvalue weighted by Gasteiger charge is 2.15. The zero-order valence-corrected chi connectivity index (χ0v) is 13.5. The average molecular weight is 333 g/mol. The number of hydrogen-bond donors (Lipinski definition) is 0. The number of benzene rings is 2. The molecule has 0 aliphatic carbocycles. The van der Waals surface area contributed by atoms with Crippen molar-refractivity contribution in [2.45, 2.75) is 6.54 Å². The SMILES string of the molecule is C=CCn1c(-c2ccc(Cl)cc2Cl)nc2cc(OC)ccc21. The Kier molecular flexibility index (Phi) is 4.10. The van der Waals surface area contributed by atoms with Crippen molar-refractivity contribution < 1.29 is 4.74 Å². The van der Waals surface area contributed by atoms with E-state index in [2.05, 4.69) is 11.1 Å². The molecule has 1 aromatic heterocycles. The fourth-order valence-corrected chi connectivity index (χ4v) is 2.92. The molecule has 2 aromatic carbocycles. The van der Waals surface area contributed by atoms with Crippen LogP contribution in [-0.4, -0.2) is 16.7 Å². The summed E-state index contributed by atoms with van der Waals surface area (Å²) in [6, 6.07) is 11.2. The molecule has 0 N–H and O–H groups in total. The third-order valence-electron chi connectivity index (χ3n) is 3.44. The maximum Gasteiger partial charge on any atom is 0.142 e. The molecule has 1 heterocycles. The molecule has 22 heavy (non-hydrogen) atoms. The minimum Gasteiger partial charge on any atom is -0.497 e.